The average Bonchev–Trinajstić information content (AvgIpc) is 2.33. The maximum Gasteiger partial charge on any atom is 0.119 e. The molecule has 0 fully saturated rings. The molecule has 112 valence electrons. The molecule has 0 atom stereocenters. The van der Waals surface area contributed by atoms with E-state index in [9.17, 15) is 0 Å². The first-order valence-electron chi connectivity index (χ1n) is 7.10. The first kappa shape index (κ1) is 17.1. The second kappa shape index (κ2) is 6.67. The van der Waals surface area contributed by atoms with Gasteiger partial charge in [0.05, 0.1) is 0 Å². The molecular weight excluding hydrogens is 268 g/mol. The predicted octanol–water partition coefficient (Wildman–Crippen LogP) is 5.57. The fourth-order valence-electron chi connectivity index (χ4n) is 2.65. The van der Waals surface area contributed by atoms with Crippen LogP contribution in [0.25, 0.3) is 0 Å². The van der Waals surface area contributed by atoms with Crippen LogP contribution >= 0.6 is 11.6 Å². The summed E-state index contributed by atoms with van der Waals surface area (Å²) >= 11 is 5.69. The summed E-state index contributed by atoms with van der Waals surface area (Å²) in [5.74, 6) is 1.31. The van der Waals surface area contributed by atoms with Gasteiger partial charge in [0.2, 0.25) is 0 Å². The van der Waals surface area contributed by atoms with Gasteiger partial charge >= 0.3 is 0 Å². The van der Waals surface area contributed by atoms with Crippen LogP contribution in [0.5, 0.6) is 5.75 Å². The third-order valence-corrected chi connectivity index (χ3v) is 3.62. The van der Waals surface area contributed by atoms with Gasteiger partial charge < -0.3 is 4.74 Å². The fraction of sp³-hybridized carbons (Fsp3) is 0.556. The topological polar surface area (TPSA) is 9.23 Å². The molecule has 0 aliphatic carbocycles. The van der Waals surface area contributed by atoms with Crippen LogP contribution in [0.2, 0.25) is 0 Å². The van der Waals surface area contributed by atoms with Gasteiger partial charge in [-0.3, -0.25) is 0 Å². The molecular formula is C18H27ClO. The molecule has 1 aromatic carbocycles. The summed E-state index contributed by atoms with van der Waals surface area (Å²) in [5.41, 5.74) is 2.72. The zero-order chi connectivity index (χ0) is 15.4. The average molecular weight is 295 g/mol. The van der Waals surface area contributed by atoms with E-state index in [2.05, 4.69) is 53.3 Å². The lowest BCUT2D eigenvalue weighted by molar-refractivity contribution is 0.284. The van der Waals surface area contributed by atoms with Crippen molar-refractivity contribution >= 4 is 11.6 Å². The van der Waals surface area contributed by atoms with Crippen molar-refractivity contribution in [1.29, 1.82) is 0 Å². The predicted molar refractivity (Wildman–Crippen MR) is 88.9 cm³/mol. The van der Waals surface area contributed by atoms with E-state index in [0.717, 1.165) is 17.7 Å². The van der Waals surface area contributed by atoms with E-state index in [4.69, 9.17) is 16.3 Å². The van der Waals surface area contributed by atoms with E-state index in [-0.39, 0.29) is 5.41 Å². The van der Waals surface area contributed by atoms with Crippen LogP contribution < -0.4 is 4.74 Å². The standard InChI is InChI=1S/C18H27ClO/c1-14(11-19)12-20-16-9-7-15(8-10-16)18(5,6)13-17(2,3)4/h7-10H,1,11-13H2,2-6H3. The third-order valence-electron chi connectivity index (χ3n) is 3.24. The highest BCUT2D eigenvalue weighted by Gasteiger charge is 2.27. The minimum absolute atomic E-state index is 0.163. The second-order valence-corrected chi connectivity index (χ2v) is 7.59. The molecule has 0 aliphatic heterocycles. The van der Waals surface area contributed by atoms with Crippen LogP contribution in [-0.4, -0.2) is 12.5 Å². The van der Waals surface area contributed by atoms with Gasteiger partial charge in [-0.1, -0.05) is 53.3 Å². The Morgan fingerprint density at radius 3 is 2.10 bits per heavy atom. The van der Waals surface area contributed by atoms with Crippen LogP contribution in [0, 0.1) is 5.41 Å². The summed E-state index contributed by atoms with van der Waals surface area (Å²) in [4.78, 5) is 0. The summed E-state index contributed by atoms with van der Waals surface area (Å²) in [7, 11) is 0. The van der Waals surface area contributed by atoms with Crippen LogP contribution in [0.3, 0.4) is 0 Å². The lowest BCUT2D eigenvalue weighted by Crippen LogP contribution is -2.24. The second-order valence-electron chi connectivity index (χ2n) is 7.32. The third kappa shape index (κ3) is 5.58. The lowest BCUT2D eigenvalue weighted by Gasteiger charge is -2.33. The van der Waals surface area contributed by atoms with Crippen molar-refractivity contribution in [3.8, 4) is 5.75 Å². The number of rotatable bonds is 6. The number of hydrogen-bond donors (Lipinski definition) is 0. The molecule has 0 unspecified atom stereocenters. The van der Waals surface area contributed by atoms with Gasteiger partial charge in [-0.25, -0.2) is 0 Å². The molecule has 0 heterocycles. The van der Waals surface area contributed by atoms with Crippen molar-refractivity contribution in [1.82, 2.24) is 0 Å². The molecule has 0 spiro atoms. The molecule has 0 radical (unpaired) electrons. The number of halogens is 1. The van der Waals surface area contributed by atoms with Gasteiger partial charge in [-0.05, 0) is 40.5 Å². The van der Waals surface area contributed by atoms with Gasteiger partial charge in [0, 0.05) is 5.88 Å². The molecule has 0 amide bonds. The highest BCUT2D eigenvalue weighted by atomic mass is 35.5. The van der Waals surface area contributed by atoms with Gasteiger partial charge in [-0.15, -0.1) is 11.6 Å². The zero-order valence-corrected chi connectivity index (χ0v) is 14.2. The molecule has 20 heavy (non-hydrogen) atoms. The monoisotopic (exact) mass is 294 g/mol. The Hall–Kier alpha value is -0.950. The number of alkyl halides is 1. The van der Waals surface area contributed by atoms with E-state index in [1.165, 1.54) is 5.56 Å². The van der Waals surface area contributed by atoms with E-state index < -0.39 is 0 Å². The number of hydrogen-bond acceptors (Lipinski definition) is 1. The molecule has 1 aromatic rings. The minimum Gasteiger partial charge on any atom is -0.489 e. The quantitative estimate of drug-likeness (QED) is 0.492. The molecule has 0 aliphatic rings. The summed E-state index contributed by atoms with van der Waals surface area (Å²) in [6.07, 6.45) is 1.14. The first-order valence-corrected chi connectivity index (χ1v) is 7.63. The SMILES string of the molecule is C=C(CCl)COc1ccc(C(C)(C)CC(C)(C)C)cc1. The maximum atomic E-state index is 5.69. The minimum atomic E-state index is 0.163. The zero-order valence-electron chi connectivity index (χ0n) is 13.4. The summed E-state index contributed by atoms with van der Waals surface area (Å²) in [6.45, 7) is 15.7. The van der Waals surface area contributed by atoms with Crippen molar-refractivity contribution < 1.29 is 4.74 Å². The lowest BCUT2D eigenvalue weighted by atomic mass is 9.72. The molecule has 0 saturated heterocycles. The molecule has 0 aromatic heterocycles. The largest absolute Gasteiger partial charge is 0.489 e. The van der Waals surface area contributed by atoms with Crippen LogP contribution in [-0.2, 0) is 5.41 Å². The summed E-state index contributed by atoms with van der Waals surface area (Å²) < 4.78 is 5.64. The van der Waals surface area contributed by atoms with E-state index in [0.29, 0.717) is 17.9 Å². The Morgan fingerprint density at radius 2 is 1.65 bits per heavy atom. The smallest absolute Gasteiger partial charge is 0.119 e. The molecule has 0 N–H and O–H groups in total. The normalized spacial score (nSPS) is 12.3. The fourth-order valence-corrected chi connectivity index (χ4v) is 2.73. The van der Waals surface area contributed by atoms with Crippen molar-refractivity contribution in [2.75, 3.05) is 12.5 Å². The van der Waals surface area contributed by atoms with E-state index >= 15 is 0 Å². The van der Waals surface area contributed by atoms with E-state index in [1.54, 1.807) is 0 Å². The highest BCUT2D eigenvalue weighted by molar-refractivity contribution is 6.19. The van der Waals surface area contributed by atoms with E-state index in [1.807, 2.05) is 12.1 Å². The van der Waals surface area contributed by atoms with Crippen molar-refractivity contribution in [3.63, 3.8) is 0 Å². The maximum absolute atomic E-state index is 5.69. The van der Waals surface area contributed by atoms with Crippen LogP contribution in [0.4, 0.5) is 0 Å². The van der Waals surface area contributed by atoms with Crippen molar-refractivity contribution in [2.45, 2.75) is 46.5 Å². The molecule has 1 nitrogen and oxygen atoms in total. The van der Waals surface area contributed by atoms with Crippen LogP contribution in [0.15, 0.2) is 36.4 Å². The molecule has 1 rings (SSSR count). The Morgan fingerprint density at radius 1 is 1.10 bits per heavy atom. The number of benzene rings is 1. The molecule has 0 bridgehead atoms. The van der Waals surface area contributed by atoms with Gasteiger partial charge in [0.15, 0.2) is 0 Å². The van der Waals surface area contributed by atoms with Crippen LogP contribution in [0.1, 0.15) is 46.6 Å². The Balaban J connectivity index is 2.73. The van der Waals surface area contributed by atoms with Gasteiger partial charge in [0.25, 0.3) is 0 Å². The Labute approximate surface area is 129 Å². The Kier molecular flexibility index (Phi) is 5.70. The summed E-state index contributed by atoms with van der Waals surface area (Å²) in [5, 5.41) is 0. The van der Waals surface area contributed by atoms with Gasteiger partial charge in [-0.2, -0.15) is 0 Å². The van der Waals surface area contributed by atoms with Crippen molar-refractivity contribution in [2.24, 2.45) is 5.41 Å². The molecule has 0 saturated carbocycles. The summed E-state index contributed by atoms with van der Waals surface area (Å²) in [6, 6.07) is 8.37. The van der Waals surface area contributed by atoms with Gasteiger partial charge in [0.1, 0.15) is 12.4 Å². The molecule has 2 heteroatoms. The number of ether oxygens (including phenoxy) is 1. The first-order chi connectivity index (χ1) is 9.14. The Bertz CT molecular complexity index is 437. The van der Waals surface area contributed by atoms with Crippen molar-refractivity contribution in [3.05, 3.63) is 42.0 Å². The highest BCUT2D eigenvalue weighted by Crippen LogP contribution is 2.36.